The van der Waals surface area contributed by atoms with Crippen LogP contribution in [0.15, 0.2) is 48.5 Å². The van der Waals surface area contributed by atoms with Crippen molar-refractivity contribution in [2.45, 2.75) is 6.92 Å². The molecular formula is C16H13N2O3PS. The molecule has 116 valence electrons. The Hall–Kier alpha value is -2.37. The highest BCUT2D eigenvalue weighted by atomic mass is 32.5. The van der Waals surface area contributed by atoms with Crippen LogP contribution in [0.25, 0.3) is 0 Å². The van der Waals surface area contributed by atoms with E-state index >= 15 is 0 Å². The molecule has 0 amide bonds. The number of nitriles is 2. The molecule has 0 heterocycles. The van der Waals surface area contributed by atoms with Gasteiger partial charge in [-0.3, -0.25) is 4.52 Å². The molecule has 0 aliphatic heterocycles. The summed E-state index contributed by atoms with van der Waals surface area (Å²) in [6, 6.07) is 17.1. The molecule has 0 aliphatic carbocycles. The number of hydrogen-bond acceptors (Lipinski definition) is 6. The Morgan fingerprint density at radius 1 is 0.870 bits per heavy atom. The zero-order valence-electron chi connectivity index (χ0n) is 12.3. The van der Waals surface area contributed by atoms with Gasteiger partial charge in [-0.25, -0.2) is 0 Å². The maximum Gasteiger partial charge on any atom is 0.434 e. The predicted molar refractivity (Wildman–Crippen MR) is 89.5 cm³/mol. The maximum atomic E-state index is 8.81. The molecule has 0 radical (unpaired) electrons. The van der Waals surface area contributed by atoms with Gasteiger partial charge in [-0.2, -0.15) is 10.5 Å². The topological polar surface area (TPSA) is 75.3 Å². The van der Waals surface area contributed by atoms with Crippen molar-refractivity contribution in [3.63, 3.8) is 0 Å². The quantitative estimate of drug-likeness (QED) is 0.733. The molecule has 0 bridgehead atoms. The van der Waals surface area contributed by atoms with E-state index in [0.29, 0.717) is 29.2 Å². The largest absolute Gasteiger partial charge is 0.434 e. The smallest absolute Gasteiger partial charge is 0.416 e. The van der Waals surface area contributed by atoms with Gasteiger partial charge in [-0.15, -0.1) is 0 Å². The second kappa shape index (κ2) is 7.76. The molecule has 0 aromatic heterocycles. The van der Waals surface area contributed by atoms with Crippen molar-refractivity contribution in [2.24, 2.45) is 0 Å². The summed E-state index contributed by atoms with van der Waals surface area (Å²) in [5, 5.41) is 17.6. The Kier molecular flexibility index (Phi) is 5.73. The summed E-state index contributed by atoms with van der Waals surface area (Å²) in [5.74, 6) is 0.934. The Morgan fingerprint density at radius 2 is 1.26 bits per heavy atom. The van der Waals surface area contributed by atoms with E-state index in [2.05, 4.69) is 0 Å². The van der Waals surface area contributed by atoms with Gasteiger partial charge in [0.1, 0.15) is 11.5 Å². The average molecular weight is 344 g/mol. The summed E-state index contributed by atoms with van der Waals surface area (Å²) in [5.41, 5.74) is 1.05. The van der Waals surface area contributed by atoms with Crippen LogP contribution in [0.3, 0.4) is 0 Å². The van der Waals surface area contributed by atoms with Crippen molar-refractivity contribution in [1.29, 1.82) is 10.5 Å². The van der Waals surface area contributed by atoms with Crippen molar-refractivity contribution >= 4 is 18.5 Å². The Labute approximate surface area is 139 Å². The third-order valence-electron chi connectivity index (χ3n) is 2.69. The fourth-order valence-electron chi connectivity index (χ4n) is 1.67. The summed E-state index contributed by atoms with van der Waals surface area (Å²) >= 11 is 5.40. The van der Waals surface area contributed by atoms with E-state index in [-0.39, 0.29) is 0 Å². The molecule has 5 nitrogen and oxygen atoms in total. The molecule has 0 saturated carbocycles. The lowest BCUT2D eigenvalue weighted by atomic mass is 10.2. The van der Waals surface area contributed by atoms with Crippen LogP contribution in [0.4, 0.5) is 0 Å². The third-order valence-corrected chi connectivity index (χ3v) is 4.90. The maximum absolute atomic E-state index is 8.81. The molecule has 7 heteroatoms. The molecule has 0 aliphatic rings. The van der Waals surface area contributed by atoms with Crippen LogP contribution in [-0.4, -0.2) is 6.61 Å². The van der Waals surface area contributed by atoms with Crippen LogP contribution in [0.2, 0.25) is 0 Å². The van der Waals surface area contributed by atoms with Gasteiger partial charge in [0.15, 0.2) is 0 Å². The lowest BCUT2D eigenvalue weighted by Gasteiger charge is -2.22. The van der Waals surface area contributed by atoms with Gasteiger partial charge >= 0.3 is 6.72 Å². The minimum Gasteiger partial charge on any atom is -0.416 e. The monoisotopic (exact) mass is 344 g/mol. The highest BCUT2D eigenvalue weighted by Gasteiger charge is 2.24. The Bertz CT molecular complexity index is 729. The van der Waals surface area contributed by atoms with Crippen molar-refractivity contribution in [2.75, 3.05) is 6.61 Å². The minimum atomic E-state index is -3.04. The predicted octanol–water partition coefficient (Wildman–Crippen LogP) is 4.15. The summed E-state index contributed by atoms with van der Waals surface area (Å²) in [6.45, 7) is -0.909. The normalized spacial score (nSPS) is 10.4. The SMILES string of the molecule is CCOP(=S)(Oc1ccc(C#N)cc1)Oc1ccc(C#N)cc1. The van der Waals surface area contributed by atoms with Gasteiger partial charge < -0.3 is 9.05 Å². The standard InChI is InChI=1S/C16H13N2O3PS/c1-2-19-22(23,20-15-7-3-13(11-17)4-8-15)21-16-9-5-14(12-18)6-10-16/h3-10H,2H2,1H3. The zero-order chi connectivity index (χ0) is 16.7. The molecule has 0 fully saturated rings. The first-order valence-corrected chi connectivity index (χ1v) is 9.28. The van der Waals surface area contributed by atoms with E-state index in [1.54, 1.807) is 55.5 Å². The summed E-state index contributed by atoms with van der Waals surface area (Å²) in [7, 11) is 0. The van der Waals surface area contributed by atoms with Gasteiger partial charge in [0.25, 0.3) is 0 Å². The van der Waals surface area contributed by atoms with E-state index < -0.39 is 6.72 Å². The molecule has 23 heavy (non-hydrogen) atoms. The highest BCUT2D eigenvalue weighted by Crippen LogP contribution is 2.49. The number of rotatable bonds is 6. The van der Waals surface area contributed by atoms with Crippen molar-refractivity contribution in [3.05, 3.63) is 59.7 Å². The second-order valence-electron chi connectivity index (χ2n) is 4.32. The molecule has 0 N–H and O–H groups in total. The fraction of sp³-hybridized carbons (Fsp3) is 0.125. The molecule has 0 atom stereocenters. The first kappa shape index (κ1) is 17.0. The first-order chi connectivity index (χ1) is 11.1. The van der Waals surface area contributed by atoms with Crippen LogP contribution in [0.1, 0.15) is 18.1 Å². The summed E-state index contributed by atoms with van der Waals surface area (Å²) in [6.07, 6.45) is 0. The van der Waals surface area contributed by atoms with Gasteiger partial charge in [-0.1, -0.05) is 0 Å². The number of hydrogen-bond donors (Lipinski definition) is 0. The van der Waals surface area contributed by atoms with Gasteiger partial charge in [0.2, 0.25) is 0 Å². The average Bonchev–Trinajstić information content (AvgIpc) is 2.56. The van der Waals surface area contributed by atoms with E-state index in [0.717, 1.165) is 0 Å². The summed E-state index contributed by atoms with van der Waals surface area (Å²) in [4.78, 5) is 0. The molecule has 2 aromatic rings. The van der Waals surface area contributed by atoms with Crippen LogP contribution >= 0.6 is 6.72 Å². The molecule has 0 unspecified atom stereocenters. The van der Waals surface area contributed by atoms with E-state index in [1.807, 2.05) is 12.1 Å². The van der Waals surface area contributed by atoms with Crippen molar-refractivity contribution in [3.8, 4) is 23.6 Å². The lowest BCUT2D eigenvalue weighted by Crippen LogP contribution is -2.04. The lowest BCUT2D eigenvalue weighted by molar-refractivity contribution is 0.276. The van der Waals surface area contributed by atoms with Crippen LogP contribution < -0.4 is 9.05 Å². The molecule has 2 rings (SSSR count). The first-order valence-electron chi connectivity index (χ1n) is 6.72. The summed E-state index contributed by atoms with van der Waals surface area (Å²) < 4.78 is 16.9. The number of nitrogens with zero attached hydrogens (tertiary/aromatic N) is 2. The van der Waals surface area contributed by atoms with Crippen LogP contribution in [-0.2, 0) is 16.3 Å². The Balaban J connectivity index is 2.18. The van der Waals surface area contributed by atoms with Gasteiger partial charge in [-0.05, 0) is 55.5 Å². The van der Waals surface area contributed by atoms with E-state index in [9.17, 15) is 0 Å². The third kappa shape index (κ3) is 4.81. The van der Waals surface area contributed by atoms with E-state index in [1.165, 1.54) is 0 Å². The van der Waals surface area contributed by atoms with Crippen LogP contribution in [0, 0.1) is 22.7 Å². The van der Waals surface area contributed by atoms with E-state index in [4.69, 9.17) is 35.9 Å². The minimum absolute atomic E-state index is 0.337. The van der Waals surface area contributed by atoms with Crippen molar-refractivity contribution in [1.82, 2.24) is 0 Å². The van der Waals surface area contributed by atoms with Gasteiger partial charge in [0.05, 0.1) is 29.9 Å². The number of benzene rings is 2. The fourth-order valence-corrected chi connectivity index (χ4v) is 3.72. The molecule has 0 saturated heterocycles. The zero-order valence-corrected chi connectivity index (χ0v) is 14.0. The van der Waals surface area contributed by atoms with Gasteiger partial charge in [0, 0.05) is 11.8 Å². The van der Waals surface area contributed by atoms with Crippen molar-refractivity contribution < 1.29 is 13.6 Å². The highest BCUT2D eigenvalue weighted by molar-refractivity contribution is 8.07. The molecule has 0 spiro atoms. The molecule has 2 aromatic carbocycles. The second-order valence-corrected chi connectivity index (χ2v) is 7.18. The molecular weight excluding hydrogens is 331 g/mol. The Morgan fingerprint density at radius 3 is 1.57 bits per heavy atom. The van der Waals surface area contributed by atoms with Crippen LogP contribution in [0.5, 0.6) is 11.5 Å².